The van der Waals surface area contributed by atoms with Gasteiger partial charge in [0.2, 0.25) is 5.91 Å². The molecular formula is C21H27N3O3. The number of methoxy groups -OCH3 is 1. The molecule has 4 rings (SSSR count). The smallest absolute Gasteiger partial charge is 0.227 e. The van der Waals surface area contributed by atoms with Gasteiger partial charge in [0.15, 0.2) is 0 Å². The summed E-state index contributed by atoms with van der Waals surface area (Å²) in [4.78, 5) is 14.8. The number of aryl methyl sites for hydroxylation is 2. The number of benzene rings is 1. The van der Waals surface area contributed by atoms with Gasteiger partial charge >= 0.3 is 0 Å². The highest BCUT2D eigenvalue weighted by Crippen LogP contribution is 2.43. The van der Waals surface area contributed by atoms with E-state index in [0.29, 0.717) is 32.0 Å². The van der Waals surface area contributed by atoms with Crippen LogP contribution < -0.4 is 0 Å². The lowest BCUT2D eigenvalue weighted by Crippen LogP contribution is -2.42. The highest BCUT2D eigenvalue weighted by atomic mass is 16.6. The van der Waals surface area contributed by atoms with E-state index in [4.69, 9.17) is 9.47 Å². The molecule has 2 fully saturated rings. The minimum Gasteiger partial charge on any atom is -0.377 e. The standard InChI is InChI=1S/C21H27N3O3/c1-14-18(15(2)23-22-14)9-20(25)24-11-19(26-3)21(13-24)10-17(12-27-21)16-7-5-4-6-8-16/h4-8,17,19H,9-13H2,1-3H3,(H,22,23)/t17-,19-,21-/m1/s1. The molecule has 0 radical (unpaired) electrons. The van der Waals surface area contributed by atoms with Crippen LogP contribution in [-0.2, 0) is 20.7 Å². The van der Waals surface area contributed by atoms with Gasteiger partial charge < -0.3 is 14.4 Å². The molecule has 0 bridgehead atoms. The quantitative estimate of drug-likeness (QED) is 0.898. The van der Waals surface area contributed by atoms with Crippen LogP contribution in [0.5, 0.6) is 0 Å². The lowest BCUT2D eigenvalue weighted by Gasteiger charge is -2.28. The maximum atomic E-state index is 12.9. The number of nitrogens with zero attached hydrogens (tertiary/aromatic N) is 2. The van der Waals surface area contributed by atoms with Gasteiger partial charge in [0.05, 0.1) is 25.3 Å². The zero-order valence-corrected chi connectivity index (χ0v) is 16.2. The summed E-state index contributed by atoms with van der Waals surface area (Å²) in [6.07, 6.45) is 1.15. The first-order chi connectivity index (χ1) is 13.0. The first kappa shape index (κ1) is 18.2. The first-order valence-electron chi connectivity index (χ1n) is 9.52. The average molecular weight is 369 g/mol. The predicted octanol–water partition coefficient (Wildman–Crippen LogP) is 2.37. The van der Waals surface area contributed by atoms with Crippen LogP contribution in [0, 0.1) is 13.8 Å². The summed E-state index contributed by atoms with van der Waals surface area (Å²) in [5, 5.41) is 7.15. The van der Waals surface area contributed by atoms with Crippen LogP contribution in [0.2, 0.25) is 0 Å². The topological polar surface area (TPSA) is 67.5 Å². The number of aromatic amines is 1. The van der Waals surface area contributed by atoms with E-state index in [-0.39, 0.29) is 12.0 Å². The second kappa shape index (κ2) is 7.09. The number of hydrogen-bond donors (Lipinski definition) is 1. The molecule has 6 nitrogen and oxygen atoms in total. The number of rotatable bonds is 4. The van der Waals surface area contributed by atoms with Crippen molar-refractivity contribution in [3.8, 4) is 0 Å². The van der Waals surface area contributed by atoms with E-state index in [1.165, 1.54) is 5.56 Å². The Bertz CT molecular complexity index is 800. The predicted molar refractivity (Wildman–Crippen MR) is 102 cm³/mol. The third-order valence-corrected chi connectivity index (χ3v) is 6.11. The number of hydrogen-bond acceptors (Lipinski definition) is 4. The molecule has 2 aromatic rings. The summed E-state index contributed by atoms with van der Waals surface area (Å²) in [5.41, 5.74) is 3.72. The number of H-pyrrole nitrogens is 1. The van der Waals surface area contributed by atoms with Crippen LogP contribution in [0.15, 0.2) is 30.3 Å². The fourth-order valence-electron chi connectivity index (χ4n) is 4.51. The van der Waals surface area contributed by atoms with E-state index < -0.39 is 5.60 Å². The van der Waals surface area contributed by atoms with Crippen LogP contribution in [0.4, 0.5) is 0 Å². The van der Waals surface area contributed by atoms with Crippen molar-refractivity contribution in [1.82, 2.24) is 15.1 Å². The Hall–Kier alpha value is -2.18. The molecule has 1 spiro atoms. The minimum atomic E-state index is -0.411. The highest BCUT2D eigenvalue weighted by molar-refractivity contribution is 5.80. The maximum Gasteiger partial charge on any atom is 0.227 e. The molecule has 2 aliphatic rings. The van der Waals surface area contributed by atoms with Gasteiger partial charge in [0, 0.05) is 30.8 Å². The summed E-state index contributed by atoms with van der Waals surface area (Å²) in [5.74, 6) is 0.450. The van der Waals surface area contributed by atoms with Gasteiger partial charge in [0.1, 0.15) is 11.7 Å². The monoisotopic (exact) mass is 369 g/mol. The normalized spacial score (nSPS) is 27.6. The van der Waals surface area contributed by atoms with E-state index in [1.807, 2.05) is 24.8 Å². The molecule has 2 aliphatic heterocycles. The molecule has 6 heteroatoms. The van der Waals surface area contributed by atoms with Gasteiger partial charge in [-0.2, -0.15) is 5.10 Å². The summed E-state index contributed by atoms with van der Waals surface area (Å²) in [6.45, 7) is 5.72. The van der Waals surface area contributed by atoms with E-state index in [1.54, 1.807) is 7.11 Å². The number of carbonyl (C=O) groups is 1. The van der Waals surface area contributed by atoms with Gasteiger partial charge in [0.25, 0.3) is 0 Å². The van der Waals surface area contributed by atoms with Crippen molar-refractivity contribution in [3.05, 3.63) is 52.8 Å². The number of nitrogens with one attached hydrogen (secondary N) is 1. The molecule has 3 heterocycles. The van der Waals surface area contributed by atoms with Gasteiger partial charge in [-0.3, -0.25) is 9.89 Å². The molecule has 2 saturated heterocycles. The van der Waals surface area contributed by atoms with E-state index in [9.17, 15) is 4.79 Å². The largest absolute Gasteiger partial charge is 0.377 e. The Morgan fingerprint density at radius 1 is 1.37 bits per heavy atom. The maximum absolute atomic E-state index is 12.9. The summed E-state index contributed by atoms with van der Waals surface area (Å²) in [6, 6.07) is 10.5. The first-order valence-corrected chi connectivity index (χ1v) is 9.52. The van der Waals surface area contributed by atoms with Crippen LogP contribution in [0.1, 0.15) is 34.9 Å². The van der Waals surface area contributed by atoms with Crippen molar-refractivity contribution in [3.63, 3.8) is 0 Å². The molecule has 1 amide bonds. The fraction of sp³-hybridized carbons (Fsp3) is 0.524. The van der Waals surface area contributed by atoms with Crippen LogP contribution >= 0.6 is 0 Å². The van der Waals surface area contributed by atoms with Crippen LogP contribution in [-0.4, -0.2) is 59.5 Å². The Morgan fingerprint density at radius 3 is 2.81 bits per heavy atom. The molecule has 1 aromatic heterocycles. The Morgan fingerprint density at radius 2 is 2.15 bits per heavy atom. The molecular weight excluding hydrogens is 342 g/mol. The van der Waals surface area contributed by atoms with Crippen molar-refractivity contribution in [2.24, 2.45) is 0 Å². The molecule has 1 aromatic carbocycles. The highest BCUT2D eigenvalue weighted by Gasteiger charge is 2.54. The SMILES string of the molecule is CO[C@@H]1CN(C(=O)Cc2c(C)n[nH]c2C)C[C@]12C[C@@H](c1ccccc1)CO2. The van der Waals surface area contributed by atoms with Gasteiger partial charge in [-0.05, 0) is 25.8 Å². The van der Waals surface area contributed by atoms with Gasteiger partial charge in [-0.25, -0.2) is 0 Å². The second-order valence-electron chi connectivity index (χ2n) is 7.78. The number of aromatic nitrogens is 2. The van der Waals surface area contributed by atoms with Crippen molar-refractivity contribution in [2.45, 2.75) is 44.3 Å². The lowest BCUT2D eigenvalue weighted by molar-refractivity contribution is -0.130. The Labute approximate surface area is 159 Å². The fourth-order valence-corrected chi connectivity index (χ4v) is 4.51. The molecule has 0 aliphatic carbocycles. The second-order valence-corrected chi connectivity index (χ2v) is 7.78. The number of ether oxygens (including phenoxy) is 2. The summed E-state index contributed by atoms with van der Waals surface area (Å²) in [7, 11) is 1.71. The van der Waals surface area contributed by atoms with E-state index in [0.717, 1.165) is 23.4 Å². The van der Waals surface area contributed by atoms with Crippen LogP contribution in [0.25, 0.3) is 0 Å². The summed E-state index contributed by atoms with van der Waals surface area (Å²) >= 11 is 0. The summed E-state index contributed by atoms with van der Waals surface area (Å²) < 4.78 is 12.1. The van der Waals surface area contributed by atoms with Crippen molar-refractivity contribution in [1.29, 1.82) is 0 Å². The third kappa shape index (κ3) is 3.28. The van der Waals surface area contributed by atoms with E-state index >= 15 is 0 Å². The minimum absolute atomic E-state index is 0.0956. The average Bonchev–Trinajstić information content (AvgIpc) is 3.36. The zero-order valence-electron chi connectivity index (χ0n) is 16.2. The third-order valence-electron chi connectivity index (χ3n) is 6.11. The Kier molecular flexibility index (Phi) is 4.78. The molecule has 27 heavy (non-hydrogen) atoms. The molecule has 1 N–H and O–H groups in total. The van der Waals surface area contributed by atoms with Crippen molar-refractivity contribution in [2.75, 3.05) is 26.8 Å². The zero-order chi connectivity index (χ0) is 19.0. The molecule has 144 valence electrons. The number of likely N-dealkylation sites (tertiary alicyclic amines) is 1. The van der Waals surface area contributed by atoms with Crippen LogP contribution in [0.3, 0.4) is 0 Å². The van der Waals surface area contributed by atoms with E-state index in [2.05, 4.69) is 34.5 Å². The number of amides is 1. The molecule has 0 unspecified atom stereocenters. The number of carbonyl (C=O) groups excluding carboxylic acids is 1. The Balaban J connectivity index is 1.48. The van der Waals surface area contributed by atoms with Crippen molar-refractivity contribution >= 4 is 5.91 Å². The van der Waals surface area contributed by atoms with Crippen molar-refractivity contribution < 1.29 is 14.3 Å². The van der Waals surface area contributed by atoms with Gasteiger partial charge in [-0.1, -0.05) is 30.3 Å². The molecule has 0 saturated carbocycles. The molecule has 3 atom stereocenters. The van der Waals surface area contributed by atoms with Gasteiger partial charge in [-0.15, -0.1) is 0 Å². The lowest BCUT2D eigenvalue weighted by atomic mass is 9.87.